The predicted molar refractivity (Wildman–Crippen MR) is 74.1 cm³/mol. The molecule has 4 atom stereocenters. The zero-order valence-electron chi connectivity index (χ0n) is 11.4. The lowest BCUT2D eigenvalue weighted by Gasteiger charge is -2.32. The number of nitrogens with two attached hydrogens (primary N) is 1. The highest BCUT2D eigenvalue weighted by Crippen LogP contribution is 2.53. The van der Waals surface area contributed by atoms with Crippen LogP contribution in [0, 0.1) is 23.6 Å². The summed E-state index contributed by atoms with van der Waals surface area (Å²) in [6.07, 6.45) is 8.76. The summed E-state index contributed by atoms with van der Waals surface area (Å²) in [5.41, 5.74) is 8.89. The fraction of sp³-hybridized carbons (Fsp3) is 0.647. The first kappa shape index (κ1) is 11.9. The molecule has 0 aliphatic heterocycles. The molecular weight excluding hydrogens is 237 g/mol. The molecule has 0 radical (unpaired) electrons. The van der Waals surface area contributed by atoms with E-state index in [-0.39, 0.29) is 11.4 Å². The number of aryl methyl sites for hydroxylation is 1. The maximum Gasteiger partial charge on any atom is 0.123 e. The van der Waals surface area contributed by atoms with Crippen LogP contribution in [0.4, 0.5) is 4.39 Å². The second kappa shape index (κ2) is 4.05. The van der Waals surface area contributed by atoms with Crippen molar-refractivity contribution in [2.24, 2.45) is 23.5 Å². The van der Waals surface area contributed by atoms with Crippen LogP contribution in [0.15, 0.2) is 18.2 Å². The standard InChI is InChI=1S/C17H22FN/c18-15-3-4-16-13(9-15)5-6-17(16,19)10-14-8-11-1-2-12(14)7-11/h3-4,9,11-12,14H,1-2,5-8,10,19H2. The number of benzene rings is 1. The van der Waals surface area contributed by atoms with E-state index in [1.54, 1.807) is 12.1 Å². The third-order valence-electron chi connectivity index (χ3n) is 5.96. The topological polar surface area (TPSA) is 26.0 Å². The van der Waals surface area contributed by atoms with Gasteiger partial charge in [0.25, 0.3) is 0 Å². The van der Waals surface area contributed by atoms with Gasteiger partial charge in [0.15, 0.2) is 0 Å². The molecule has 2 fully saturated rings. The summed E-state index contributed by atoms with van der Waals surface area (Å²) < 4.78 is 13.3. The molecule has 3 aliphatic carbocycles. The van der Waals surface area contributed by atoms with E-state index in [9.17, 15) is 4.39 Å². The summed E-state index contributed by atoms with van der Waals surface area (Å²) in [5, 5.41) is 0. The van der Waals surface area contributed by atoms with Gasteiger partial charge in [-0.15, -0.1) is 0 Å². The van der Waals surface area contributed by atoms with E-state index >= 15 is 0 Å². The Bertz CT molecular complexity index is 512. The molecule has 1 aromatic carbocycles. The van der Waals surface area contributed by atoms with Crippen LogP contribution in [0.2, 0.25) is 0 Å². The van der Waals surface area contributed by atoms with Gasteiger partial charge in [-0.25, -0.2) is 4.39 Å². The molecule has 0 aromatic heterocycles. The lowest BCUT2D eigenvalue weighted by atomic mass is 9.77. The molecule has 2 bridgehead atoms. The Morgan fingerprint density at radius 2 is 2.16 bits per heavy atom. The second-order valence-corrected chi connectivity index (χ2v) is 7.10. The monoisotopic (exact) mass is 259 g/mol. The molecular formula is C17H22FN. The first-order valence-electron chi connectivity index (χ1n) is 7.72. The molecule has 2 heteroatoms. The Kier molecular flexibility index (Phi) is 2.54. The van der Waals surface area contributed by atoms with Crippen molar-refractivity contribution < 1.29 is 4.39 Å². The zero-order chi connectivity index (χ0) is 13.0. The van der Waals surface area contributed by atoms with Crippen molar-refractivity contribution >= 4 is 0 Å². The molecule has 0 saturated heterocycles. The van der Waals surface area contributed by atoms with E-state index in [0.717, 1.165) is 42.6 Å². The smallest absolute Gasteiger partial charge is 0.123 e. The van der Waals surface area contributed by atoms with Crippen LogP contribution in [0.3, 0.4) is 0 Å². The number of fused-ring (bicyclic) bond motifs is 3. The van der Waals surface area contributed by atoms with Crippen molar-refractivity contribution in [3.63, 3.8) is 0 Å². The Morgan fingerprint density at radius 3 is 2.89 bits per heavy atom. The summed E-state index contributed by atoms with van der Waals surface area (Å²) in [6, 6.07) is 5.20. The number of rotatable bonds is 2. The summed E-state index contributed by atoms with van der Waals surface area (Å²) in [4.78, 5) is 0. The Labute approximate surface area is 114 Å². The highest BCUT2D eigenvalue weighted by molar-refractivity contribution is 5.39. The van der Waals surface area contributed by atoms with E-state index in [0.29, 0.717) is 0 Å². The molecule has 3 aliphatic rings. The molecule has 1 aromatic rings. The van der Waals surface area contributed by atoms with Gasteiger partial charge in [-0.1, -0.05) is 12.5 Å². The Hall–Kier alpha value is -0.890. The molecule has 0 heterocycles. The first-order chi connectivity index (χ1) is 9.14. The minimum atomic E-state index is -0.182. The van der Waals surface area contributed by atoms with Crippen LogP contribution in [0.1, 0.15) is 49.7 Å². The average Bonchev–Trinajstić information content (AvgIpc) is 3.05. The maximum atomic E-state index is 13.3. The fourth-order valence-electron chi connectivity index (χ4n) is 5.05. The van der Waals surface area contributed by atoms with Crippen molar-refractivity contribution in [3.05, 3.63) is 35.1 Å². The molecule has 4 unspecified atom stereocenters. The number of hydrogen-bond donors (Lipinski definition) is 1. The van der Waals surface area contributed by atoms with E-state index in [1.807, 2.05) is 6.07 Å². The van der Waals surface area contributed by atoms with Crippen LogP contribution in [0.5, 0.6) is 0 Å². The van der Waals surface area contributed by atoms with Gasteiger partial charge in [-0.2, -0.15) is 0 Å². The zero-order valence-corrected chi connectivity index (χ0v) is 11.4. The lowest BCUT2D eigenvalue weighted by Crippen LogP contribution is -2.37. The quantitative estimate of drug-likeness (QED) is 0.860. The van der Waals surface area contributed by atoms with E-state index in [1.165, 1.54) is 31.2 Å². The summed E-state index contributed by atoms with van der Waals surface area (Å²) in [5.74, 6) is 2.60. The normalized spacial score (nSPS) is 39.8. The van der Waals surface area contributed by atoms with Gasteiger partial charge >= 0.3 is 0 Å². The molecule has 1 nitrogen and oxygen atoms in total. The Morgan fingerprint density at radius 1 is 1.26 bits per heavy atom. The molecule has 2 saturated carbocycles. The largest absolute Gasteiger partial charge is 0.321 e. The SMILES string of the molecule is NC1(CC2CC3CCC2C3)CCc2cc(F)ccc21. The summed E-state index contributed by atoms with van der Waals surface area (Å²) in [6.45, 7) is 0. The lowest BCUT2D eigenvalue weighted by molar-refractivity contribution is 0.241. The minimum absolute atomic E-state index is 0.122. The van der Waals surface area contributed by atoms with Gasteiger partial charge < -0.3 is 5.73 Å². The number of hydrogen-bond acceptors (Lipinski definition) is 1. The fourth-order valence-corrected chi connectivity index (χ4v) is 5.05. The molecule has 0 amide bonds. The van der Waals surface area contributed by atoms with Crippen LogP contribution in [0.25, 0.3) is 0 Å². The van der Waals surface area contributed by atoms with Gasteiger partial charge in [-0.05, 0) is 79.5 Å². The number of halogens is 1. The van der Waals surface area contributed by atoms with Crippen LogP contribution in [-0.2, 0) is 12.0 Å². The first-order valence-corrected chi connectivity index (χ1v) is 7.72. The van der Waals surface area contributed by atoms with Crippen LogP contribution < -0.4 is 5.73 Å². The van der Waals surface area contributed by atoms with Crippen molar-refractivity contribution in [2.45, 2.75) is 50.5 Å². The third-order valence-corrected chi connectivity index (χ3v) is 5.96. The van der Waals surface area contributed by atoms with Gasteiger partial charge in [0.2, 0.25) is 0 Å². The van der Waals surface area contributed by atoms with Crippen LogP contribution >= 0.6 is 0 Å². The van der Waals surface area contributed by atoms with E-state index in [4.69, 9.17) is 5.73 Å². The summed E-state index contributed by atoms with van der Waals surface area (Å²) in [7, 11) is 0. The average molecular weight is 259 g/mol. The van der Waals surface area contributed by atoms with Gasteiger partial charge in [0, 0.05) is 5.54 Å². The molecule has 102 valence electrons. The van der Waals surface area contributed by atoms with Crippen LogP contribution in [-0.4, -0.2) is 0 Å². The van der Waals surface area contributed by atoms with E-state index in [2.05, 4.69) is 0 Å². The predicted octanol–water partition coefficient (Wildman–Crippen LogP) is 3.75. The highest BCUT2D eigenvalue weighted by Gasteiger charge is 2.44. The maximum absolute atomic E-state index is 13.3. The summed E-state index contributed by atoms with van der Waals surface area (Å²) >= 11 is 0. The van der Waals surface area contributed by atoms with E-state index < -0.39 is 0 Å². The van der Waals surface area contributed by atoms with Gasteiger partial charge in [-0.3, -0.25) is 0 Å². The second-order valence-electron chi connectivity index (χ2n) is 7.10. The Balaban J connectivity index is 1.59. The minimum Gasteiger partial charge on any atom is -0.321 e. The third kappa shape index (κ3) is 1.84. The highest BCUT2D eigenvalue weighted by atomic mass is 19.1. The van der Waals surface area contributed by atoms with Crippen molar-refractivity contribution in [3.8, 4) is 0 Å². The van der Waals surface area contributed by atoms with Crippen molar-refractivity contribution in [1.82, 2.24) is 0 Å². The van der Waals surface area contributed by atoms with Crippen molar-refractivity contribution in [2.75, 3.05) is 0 Å². The van der Waals surface area contributed by atoms with Crippen molar-refractivity contribution in [1.29, 1.82) is 0 Å². The van der Waals surface area contributed by atoms with Gasteiger partial charge in [0.05, 0.1) is 0 Å². The van der Waals surface area contributed by atoms with Gasteiger partial charge in [0.1, 0.15) is 5.82 Å². The molecule has 19 heavy (non-hydrogen) atoms. The molecule has 4 rings (SSSR count). The molecule has 0 spiro atoms. The molecule has 2 N–H and O–H groups in total.